The zero-order chi connectivity index (χ0) is 19.1. The van der Waals surface area contributed by atoms with E-state index in [9.17, 15) is 9.59 Å². The quantitative estimate of drug-likeness (QED) is 0.247. The molecule has 1 fully saturated rings. The lowest BCUT2D eigenvalue weighted by molar-refractivity contribution is -0.0225. The molecule has 0 aromatic carbocycles. The number of nitrogens with two attached hydrogens (primary N) is 3. The minimum absolute atomic E-state index is 0.0396. The van der Waals surface area contributed by atoms with Gasteiger partial charge in [0.2, 0.25) is 6.29 Å². The van der Waals surface area contributed by atoms with Gasteiger partial charge in [-0.1, -0.05) is 36.8 Å². The van der Waals surface area contributed by atoms with Crippen molar-refractivity contribution < 1.29 is 9.53 Å². The molecule has 2 aliphatic rings. The molecule has 0 spiro atoms. The second-order valence-corrected chi connectivity index (χ2v) is 7.53. The highest BCUT2D eigenvalue weighted by Gasteiger charge is 2.48. The molecule has 2 aliphatic heterocycles. The van der Waals surface area contributed by atoms with Crippen LogP contribution in [0.2, 0.25) is 0 Å². The highest BCUT2D eigenvalue weighted by molar-refractivity contribution is 7.12. The first-order valence-electron chi connectivity index (χ1n) is 8.50. The Morgan fingerprint density at radius 2 is 2.15 bits per heavy atom. The van der Waals surface area contributed by atoms with Gasteiger partial charge in [0.1, 0.15) is 10.7 Å². The van der Waals surface area contributed by atoms with E-state index in [0.29, 0.717) is 12.8 Å². The number of hydrogen-bond acceptors (Lipinski definition) is 9. The van der Waals surface area contributed by atoms with Gasteiger partial charge in [0, 0.05) is 0 Å². The fraction of sp³-hybridized carbons (Fsp3) is 0.714. The molecule has 26 heavy (non-hydrogen) atoms. The first kappa shape index (κ1) is 18.8. The third-order valence-corrected chi connectivity index (χ3v) is 5.84. The van der Waals surface area contributed by atoms with E-state index >= 15 is 0 Å². The Labute approximate surface area is 154 Å². The molecule has 4 atom stereocenters. The van der Waals surface area contributed by atoms with Crippen LogP contribution in [0.15, 0.2) is 15.1 Å². The average molecular weight is 384 g/mol. The number of aromatic nitrogens is 1. The van der Waals surface area contributed by atoms with Crippen LogP contribution < -0.4 is 27.6 Å². The van der Waals surface area contributed by atoms with Crippen LogP contribution in [0, 0.1) is 0 Å². The van der Waals surface area contributed by atoms with Gasteiger partial charge in [0.15, 0.2) is 6.23 Å². The molecule has 0 aliphatic carbocycles. The smallest absolute Gasteiger partial charge is 0.311 e. The van der Waals surface area contributed by atoms with Crippen molar-refractivity contribution in [1.82, 2.24) is 9.58 Å². The van der Waals surface area contributed by atoms with Gasteiger partial charge in [-0.3, -0.25) is 14.2 Å². The molecule has 3 rings (SSSR count). The van der Waals surface area contributed by atoms with Gasteiger partial charge in [-0.25, -0.2) is 10.9 Å². The maximum absolute atomic E-state index is 12.7. The molecule has 144 valence electrons. The highest BCUT2D eigenvalue weighted by atomic mass is 32.1. The van der Waals surface area contributed by atoms with E-state index in [4.69, 9.17) is 22.2 Å². The molecule has 12 heteroatoms. The van der Waals surface area contributed by atoms with Crippen molar-refractivity contribution in [2.24, 2.45) is 27.8 Å². The van der Waals surface area contributed by atoms with Gasteiger partial charge in [0.25, 0.3) is 5.91 Å². The predicted octanol–water partition coefficient (Wildman–Crippen LogP) is 0.456. The number of hydrazine groups is 1. The third-order valence-electron chi connectivity index (χ3n) is 4.90. The summed E-state index contributed by atoms with van der Waals surface area (Å²) in [5.74, 6) is 10.6. The van der Waals surface area contributed by atoms with Crippen molar-refractivity contribution in [1.29, 1.82) is 0 Å². The SMILES string of the molecule is CCCC1C[C@@](N)(CC)[C@H](n2c3c(sc2=O)C(=O)N(N)C(N=NN)N3)O1. The zero-order valence-corrected chi connectivity index (χ0v) is 15.5. The van der Waals surface area contributed by atoms with E-state index in [-0.39, 0.29) is 21.7 Å². The average Bonchev–Trinajstić information content (AvgIpc) is 3.10. The fourth-order valence-corrected chi connectivity index (χ4v) is 4.37. The summed E-state index contributed by atoms with van der Waals surface area (Å²) in [4.78, 5) is 25.0. The van der Waals surface area contributed by atoms with E-state index in [1.54, 1.807) is 0 Å². The third kappa shape index (κ3) is 2.88. The molecule has 0 bridgehead atoms. The summed E-state index contributed by atoms with van der Waals surface area (Å²) in [5.41, 5.74) is 5.87. The summed E-state index contributed by atoms with van der Waals surface area (Å²) in [5, 5.41) is 10.6. The van der Waals surface area contributed by atoms with Crippen LogP contribution in [0.1, 0.15) is 55.4 Å². The van der Waals surface area contributed by atoms with E-state index in [1.807, 2.05) is 6.92 Å². The van der Waals surface area contributed by atoms with Crippen LogP contribution >= 0.6 is 11.3 Å². The molecule has 2 unspecified atom stereocenters. The summed E-state index contributed by atoms with van der Waals surface area (Å²) in [6, 6.07) is 0. The number of rotatable bonds is 5. The van der Waals surface area contributed by atoms with Crippen LogP contribution in [0.3, 0.4) is 0 Å². The molecule has 0 radical (unpaired) electrons. The van der Waals surface area contributed by atoms with E-state index in [2.05, 4.69) is 22.6 Å². The summed E-state index contributed by atoms with van der Waals surface area (Å²) in [6.07, 6.45) is 1.33. The number of nitrogens with zero attached hydrogens (tertiary/aromatic N) is 4. The number of amides is 1. The van der Waals surface area contributed by atoms with Gasteiger partial charge in [0.05, 0.1) is 11.6 Å². The number of carbonyl (C=O) groups excluding carboxylic acids is 1. The molecule has 11 nitrogen and oxygen atoms in total. The topological polar surface area (TPSA) is 166 Å². The molecule has 7 N–H and O–H groups in total. The maximum atomic E-state index is 12.7. The minimum Gasteiger partial charge on any atom is -0.353 e. The Morgan fingerprint density at radius 3 is 2.77 bits per heavy atom. The number of ether oxygens (including phenoxy) is 1. The molecule has 3 heterocycles. The highest BCUT2D eigenvalue weighted by Crippen LogP contribution is 2.42. The van der Waals surface area contributed by atoms with Crippen LogP contribution in [-0.4, -0.2) is 33.4 Å². The standard InChI is InChI=1S/C14H24N8O3S/c1-3-5-7-6-14(15,4-2)11(25-7)21-9-8(26-13(21)24)10(23)22(17)12(18-9)19-20-16/h7,11-12,18H,3-6,15,17H2,1-2H3,(H2,16,19)/t7?,11-,12?,14+/m1/s1. The van der Waals surface area contributed by atoms with E-state index in [1.165, 1.54) is 4.57 Å². The van der Waals surface area contributed by atoms with E-state index < -0.39 is 24.0 Å². The Hall–Kier alpha value is -2.02. The first-order valence-corrected chi connectivity index (χ1v) is 9.32. The lowest BCUT2D eigenvalue weighted by atomic mass is 9.90. The Kier molecular flexibility index (Phi) is 5.01. The number of anilines is 1. The summed E-state index contributed by atoms with van der Waals surface area (Å²) in [6.45, 7) is 4.03. The predicted molar refractivity (Wildman–Crippen MR) is 96.0 cm³/mol. The van der Waals surface area contributed by atoms with Gasteiger partial charge >= 0.3 is 4.87 Å². The van der Waals surface area contributed by atoms with Crippen molar-refractivity contribution >= 4 is 23.1 Å². The van der Waals surface area contributed by atoms with Crippen LogP contribution in [0.25, 0.3) is 0 Å². The normalized spacial score (nSPS) is 31.5. The molecule has 1 saturated heterocycles. The first-order chi connectivity index (χ1) is 12.4. The second-order valence-electron chi connectivity index (χ2n) is 6.57. The second kappa shape index (κ2) is 6.95. The monoisotopic (exact) mass is 384 g/mol. The number of thiazole rings is 1. The van der Waals surface area contributed by atoms with Crippen molar-refractivity contribution in [2.45, 2.75) is 63.7 Å². The zero-order valence-electron chi connectivity index (χ0n) is 14.7. The Bertz CT molecular complexity index is 777. The van der Waals surface area contributed by atoms with E-state index in [0.717, 1.165) is 29.2 Å². The van der Waals surface area contributed by atoms with Crippen molar-refractivity contribution in [3.8, 4) is 0 Å². The summed E-state index contributed by atoms with van der Waals surface area (Å²) in [7, 11) is 0. The van der Waals surface area contributed by atoms with Crippen LogP contribution in [0.5, 0.6) is 0 Å². The van der Waals surface area contributed by atoms with Gasteiger partial charge in [-0.05, 0) is 19.3 Å². The lowest BCUT2D eigenvalue weighted by Gasteiger charge is -2.33. The molecular formula is C14H24N8O3S. The van der Waals surface area contributed by atoms with Gasteiger partial charge in [-0.15, -0.1) is 5.11 Å². The summed E-state index contributed by atoms with van der Waals surface area (Å²) >= 11 is 0.796. The Balaban J connectivity index is 2.06. The number of hydrogen-bond donors (Lipinski definition) is 4. The van der Waals surface area contributed by atoms with Gasteiger partial charge in [-0.2, -0.15) is 0 Å². The van der Waals surface area contributed by atoms with Crippen LogP contribution in [-0.2, 0) is 4.74 Å². The lowest BCUT2D eigenvalue weighted by Crippen LogP contribution is -2.53. The van der Waals surface area contributed by atoms with Gasteiger partial charge < -0.3 is 21.6 Å². The van der Waals surface area contributed by atoms with Crippen molar-refractivity contribution in [3.63, 3.8) is 0 Å². The maximum Gasteiger partial charge on any atom is 0.311 e. The Morgan fingerprint density at radius 1 is 1.42 bits per heavy atom. The van der Waals surface area contributed by atoms with Crippen LogP contribution in [0.4, 0.5) is 5.82 Å². The van der Waals surface area contributed by atoms with Crippen molar-refractivity contribution in [2.75, 3.05) is 5.32 Å². The largest absolute Gasteiger partial charge is 0.353 e. The van der Waals surface area contributed by atoms with Crippen molar-refractivity contribution in [3.05, 3.63) is 14.5 Å². The minimum atomic E-state index is -1.01. The molecule has 0 saturated carbocycles. The number of fused-ring (bicyclic) bond motifs is 1. The summed E-state index contributed by atoms with van der Waals surface area (Å²) < 4.78 is 7.53. The molecular weight excluding hydrogens is 360 g/mol. The fourth-order valence-electron chi connectivity index (χ4n) is 3.47. The number of nitrogens with one attached hydrogen (secondary N) is 1. The number of carbonyl (C=O) groups is 1. The molecule has 1 aromatic heterocycles. The molecule has 1 aromatic rings. The molecule has 1 amide bonds.